The van der Waals surface area contributed by atoms with E-state index in [1.165, 1.54) is 33.4 Å². The second kappa shape index (κ2) is 17.9. The first-order valence-electron chi connectivity index (χ1n) is 20.2. The van der Waals surface area contributed by atoms with Crippen LogP contribution in [-0.4, -0.2) is 8.07 Å². The molecule has 0 radical (unpaired) electrons. The van der Waals surface area contributed by atoms with E-state index in [2.05, 4.69) is 210 Å². The van der Waals surface area contributed by atoms with Crippen molar-refractivity contribution in [3.05, 3.63) is 119 Å². The van der Waals surface area contributed by atoms with E-state index in [0.717, 1.165) is 6.42 Å². The summed E-state index contributed by atoms with van der Waals surface area (Å²) in [5.74, 6) is 0.997. The maximum Gasteiger partial charge on any atom is 4.00 e. The first-order chi connectivity index (χ1) is 23.5. The zero-order chi connectivity index (χ0) is 39.0. The minimum atomic E-state index is -2.90. The van der Waals surface area contributed by atoms with Gasteiger partial charge in [-0.2, -0.15) is 12.0 Å². The van der Waals surface area contributed by atoms with E-state index in [0.29, 0.717) is 17.4 Å². The molecule has 3 atom stereocenters. The molecule has 2 aliphatic carbocycles. The van der Waals surface area contributed by atoms with Gasteiger partial charge in [0.05, 0.1) is 0 Å². The van der Waals surface area contributed by atoms with Crippen LogP contribution in [0.5, 0.6) is 0 Å². The van der Waals surface area contributed by atoms with Crippen LogP contribution in [0.15, 0.2) is 78.9 Å². The third kappa shape index (κ3) is 10.8. The van der Waals surface area contributed by atoms with Crippen LogP contribution in [0, 0.1) is 18.3 Å². The Balaban J connectivity index is 0.00000392. The fourth-order valence-electron chi connectivity index (χ4n) is 8.46. The monoisotopic (exact) mass is 866 g/mol. The van der Waals surface area contributed by atoms with Gasteiger partial charge in [0, 0.05) is 0 Å². The van der Waals surface area contributed by atoms with Gasteiger partial charge in [-0.3, -0.25) is 0 Å². The summed E-state index contributed by atoms with van der Waals surface area (Å²) in [6.07, 6.45) is 13.7. The van der Waals surface area contributed by atoms with E-state index in [-0.39, 0.29) is 91.4 Å². The van der Waals surface area contributed by atoms with Crippen molar-refractivity contribution in [2.45, 2.75) is 169 Å². The molecule has 0 aliphatic heterocycles. The van der Waals surface area contributed by atoms with Crippen LogP contribution in [0.25, 0.3) is 0 Å². The average Bonchev–Trinajstić information content (AvgIpc) is 3.43. The topological polar surface area (TPSA) is 0 Å². The van der Waals surface area contributed by atoms with E-state index in [9.17, 15) is 0 Å². The molecule has 2 aliphatic rings. The Bertz CT molecular complexity index is 1580. The molecule has 5 rings (SSSR count). The molecule has 3 unspecified atom stereocenters. The standard InChI is InChI=1S/C51H73Si.3ClH.Ti/c1-46(2,3)35-25-36(47(4,5)6)29-41(28-35)52(45-24-23-34-21-19-20-22-44(34)45,42-30-37(48(7,8)9)26-38(31-42)49(10,11)12)43-32-39(50(13,14)15)27-40(33-43)51(16,17)18;;;;/h19-22,24-34,44-45H,23H2,1-18H3;3*1H;/q-1;;;;+4/p-3. The number of hydrogen-bond acceptors (Lipinski definition) is 0. The normalized spacial score (nSPS) is 18.9. The maximum absolute atomic E-state index is 2.90. The minimum Gasteiger partial charge on any atom is -1.00 e. The van der Waals surface area contributed by atoms with Crippen LogP contribution in [0.4, 0.5) is 0 Å². The molecule has 3 aromatic rings. The van der Waals surface area contributed by atoms with Crippen molar-refractivity contribution in [3.8, 4) is 0 Å². The van der Waals surface area contributed by atoms with Crippen molar-refractivity contribution < 1.29 is 58.9 Å². The Morgan fingerprint density at radius 1 is 0.411 bits per heavy atom. The third-order valence-corrected chi connectivity index (χ3v) is 17.5. The van der Waals surface area contributed by atoms with Crippen LogP contribution in [0.3, 0.4) is 0 Å². The molecule has 0 spiro atoms. The molecule has 0 saturated heterocycles. The van der Waals surface area contributed by atoms with E-state index >= 15 is 0 Å². The smallest absolute Gasteiger partial charge is 1.00 e. The maximum atomic E-state index is 2.79. The number of fused-ring (bicyclic) bond motifs is 1. The van der Waals surface area contributed by atoms with E-state index in [1.54, 1.807) is 15.6 Å². The molecule has 306 valence electrons. The molecule has 0 nitrogen and oxygen atoms in total. The summed E-state index contributed by atoms with van der Waals surface area (Å²) in [6, 6.07) is 23.7. The van der Waals surface area contributed by atoms with Gasteiger partial charge in [-0.15, -0.1) is 0 Å². The van der Waals surface area contributed by atoms with E-state index < -0.39 is 8.07 Å². The average molecular weight is 868 g/mol. The fraction of sp³-hybridized carbons (Fsp3) is 0.549. The summed E-state index contributed by atoms with van der Waals surface area (Å²) in [5.41, 5.74) is 9.18. The van der Waals surface area contributed by atoms with Crippen molar-refractivity contribution in [2.75, 3.05) is 0 Å². The minimum absolute atomic E-state index is 0. The van der Waals surface area contributed by atoms with Crippen molar-refractivity contribution in [1.82, 2.24) is 0 Å². The molecule has 0 amide bonds. The summed E-state index contributed by atoms with van der Waals surface area (Å²) in [5, 5.41) is 4.73. The van der Waals surface area contributed by atoms with Gasteiger partial charge in [-0.05, 0) is 77.7 Å². The number of rotatable bonds is 4. The van der Waals surface area contributed by atoms with Crippen LogP contribution in [0.2, 0.25) is 5.54 Å². The number of allylic oxidation sites excluding steroid dienone is 4. The SMILES string of the molecule is CC(C)(C)c1cc(C(C)(C)C)cc([Si](c2cc(C(C)(C)C)cc(C(C)(C)C)c2)(c2cc(C(C)(C)C)cc(C(C)(C)C)c2)C2[CH-]CC3C=CC=CC32)c1.[Cl-].[Cl-].[Cl-].[Ti+4]. The quantitative estimate of drug-likeness (QED) is 0.215. The van der Waals surface area contributed by atoms with Crippen LogP contribution >= 0.6 is 0 Å². The first kappa shape index (κ1) is 53.0. The molecule has 0 aromatic heterocycles. The predicted octanol–water partition coefficient (Wildman–Crippen LogP) is 3.29. The van der Waals surface area contributed by atoms with E-state index in [4.69, 9.17) is 0 Å². The fourth-order valence-corrected chi connectivity index (χ4v) is 14.3. The van der Waals surface area contributed by atoms with Gasteiger partial charge in [0.15, 0.2) is 0 Å². The second-order valence-electron chi connectivity index (χ2n) is 22.7. The molecule has 3 aromatic carbocycles. The largest absolute Gasteiger partial charge is 4.00 e. The van der Waals surface area contributed by atoms with Gasteiger partial charge in [-0.1, -0.05) is 219 Å². The van der Waals surface area contributed by atoms with Gasteiger partial charge >= 0.3 is 21.7 Å². The summed E-state index contributed by atoms with van der Waals surface area (Å²) < 4.78 is 0. The third-order valence-electron chi connectivity index (χ3n) is 12.2. The predicted molar refractivity (Wildman–Crippen MR) is 234 cm³/mol. The Morgan fingerprint density at radius 2 is 0.661 bits per heavy atom. The van der Waals surface area contributed by atoms with Crippen molar-refractivity contribution >= 4 is 23.6 Å². The van der Waals surface area contributed by atoms with Gasteiger partial charge in [0.1, 0.15) is 8.07 Å². The van der Waals surface area contributed by atoms with Gasteiger partial charge in [0.2, 0.25) is 0 Å². The van der Waals surface area contributed by atoms with Gasteiger partial charge < -0.3 is 43.6 Å². The van der Waals surface area contributed by atoms with Crippen molar-refractivity contribution in [1.29, 1.82) is 0 Å². The second-order valence-corrected chi connectivity index (χ2v) is 26.7. The molecule has 0 heterocycles. The Morgan fingerprint density at radius 3 is 0.911 bits per heavy atom. The summed E-state index contributed by atoms with van der Waals surface area (Å²) in [7, 11) is -2.90. The Hall–Kier alpha value is -1.06. The molecular weight excluding hydrogens is 795 g/mol. The zero-order valence-corrected chi connectivity index (χ0v) is 43.0. The van der Waals surface area contributed by atoms with Crippen LogP contribution in [-0.2, 0) is 54.2 Å². The first-order valence-corrected chi connectivity index (χ1v) is 22.3. The van der Waals surface area contributed by atoms with Crippen molar-refractivity contribution in [2.24, 2.45) is 11.8 Å². The molecule has 1 fully saturated rings. The van der Waals surface area contributed by atoms with Crippen LogP contribution < -0.4 is 52.8 Å². The number of hydrogen-bond donors (Lipinski definition) is 0. The summed E-state index contributed by atoms with van der Waals surface area (Å²) in [6.45, 7) is 43.3. The van der Waals surface area contributed by atoms with Crippen LogP contribution in [0.1, 0.15) is 164 Å². The summed E-state index contributed by atoms with van der Waals surface area (Å²) in [4.78, 5) is 0. The summed E-state index contributed by atoms with van der Waals surface area (Å²) >= 11 is 0. The number of halogens is 3. The number of benzene rings is 3. The van der Waals surface area contributed by atoms with Gasteiger partial charge in [-0.25, -0.2) is 0 Å². The molecule has 5 heteroatoms. The van der Waals surface area contributed by atoms with Gasteiger partial charge in [0.25, 0.3) is 0 Å². The van der Waals surface area contributed by atoms with Crippen molar-refractivity contribution in [3.63, 3.8) is 0 Å². The zero-order valence-electron chi connectivity index (χ0n) is 38.2. The Labute approximate surface area is 379 Å². The molecule has 1 saturated carbocycles. The molecule has 0 N–H and O–H groups in total. The molecule has 56 heavy (non-hydrogen) atoms. The van der Waals surface area contributed by atoms with E-state index in [1.807, 2.05) is 0 Å². The molecule has 0 bridgehead atoms. The Kier molecular flexibility index (Phi) is 16.9. The molecular formula is C51H73Cl3SiTi.